The Kier molecular flexibility index (Phi) is 3.93. The molecule has 1 atom stereocenters. The molecule has 18 heavy (non-hydrogen) atoms. The maximum atomic E-state index is 10.3. The summed E-state index contributed by atoms with van der Waals surface area (Å²) in [5.41, 5.74) is 7.45. The first kappa shape index (κ1) is 13.4. The zero-order valence-electron chi connectivity index (χ0n) is 11.3. The van der Waals surface area contributed by atoms with Gasteiger partial charge in [-0.2, -0.15) is 0 Å². The van der Waals surface area contributed by atoms with Crippen molar-refractivity contribution in [3.8, 4) is 5.75 Å². The second kappa shape index (κ2) is 5.29. The van der Waals surface area contributed by atoms with Crippen molar-refractivity contribution in [2.75, 3.05) is 6.61 Å². The van der Waals surface area contributed by atoms with Crippen LogP contribution in [0.4, 0.5) is 0 Å². The number of ether oxygens (including phenoxy) is 1. The highest BCUT2D eigenvalue weighted by molar-refractivity contribution is 5.39. The van der Waals surface area contributed by atoms with E-state index in [0.29, 0.717) is 6.61 Å². The Morgan fingerprint density at radius 2 is 2.06 bits per heavy atom. The van der Waals surface area contributed by atoms with E-state index in [1.165, 1.54) is 0 Å². The van der Waals surface area contributed by atoms with Crippen LogP contribution in [0.15, 0.2) is 18.2 Å². The molecule has 1 aromatic carbocycles. The summed E-state index contributed by atoms with van der Waals surface area (Å²) in [4.78, 5) is 0. The monoisotopic (exact) mass is 249 g/mol. The summed E-state index contributed by atoms with van der Waals surface area (Å²) in [6.07, 6.45) is 3.86. The molecule has 2 rings (SSSR count). The third kappa shape index (κ3) is 3.03. The molecule has 0 aromatic heterocycles. The maximum Gasteiger partial charge on any atom is 0.124 e. The van der Waals surface area contributed by atoms with Crippen LogP contribution < -0.4 is 10.5 Å². The Bertz CT molecular complexity index is 409. The van der Waals surface area contributed by atoms with Gasteiger partial charge < -0.3 is 15.6 Å². The van der Waals surface area contributed by atoms with Crippen LogP contribution in [0.3, 0.4) is 0 Å². The molecule has 0 heterocycles. The number of hydrogen-bond donors (Lipinski definition) is 2. The van der Waals surface area contributed by atoms with Gasteiger partial charge >= 0.3 is 0 Å². The quantitative estimate of drug-likeness (QED) is 0.862. The Labute approximate surface area is 109 Å². The molecule has 0 aliphatic heterocycles. The Morgan fingerprint density at radius 1 is 1.39 bits per heavy atom. The lowest BCUT2D eigenvalue weighted by Gasteiger charge is -2.24. The van der Waals surface area contributed by atoms with Gasteiger partial charge in [-0.25, -0.2) is 0 Å². The summed E-state index contributed by atoms with van der Waals surface area (Å²) in [5.74, 6) is 0.810. The number of benzene rings is 1. The van der Waals surface area contributed by atoms with Gasteiger partial charge in [-0.1, -0.05) is 25.0 Å². The highest BCUT2D eigenvalue weighted by Crippen LogP contribution is 2.32. The Balaban J connectivity index is 2.10. The van der Waals surface area contributed by atoms with E-state index in [2.05, 4.69) is 0 Å². The van der Waals surface area contributed by atoms with Crippen molar-refractivity contribution in [2.24, 2.45) is 5.73 Å². The summed E-state index contributed by atoms with van der Waals surface area (Å²) in [6.45, 7) is 4.35. The van der Waals surface area contributed by atoms with Gasteiger partial charge in [-0.15, -0.1) is 0 Å². The van der Waals surface area contributed by atoms with E-state index in [1.54, 1.807) is 0 Å². The first-order valence-corrected chi connectivity index (χ1v) is 6.71. The zero-order chi connectivity index (χ0) is 13.2. The highest BCUT2D eigenvalue weighted by Gasteiger charge is 2.32. The molecule has 0 saturated heterocycles. The maximum absolute atomic E-state index is 10.3. The SMILES string of the molecule is Cc1ccc(C(C)N)c(OCC2(O)CCCC2)c1. The molecule has 0 bridgehead atoms. The second-order valence-electron chi connectivity index (χ2n) is 5.55. The molecular formula is C15H23NO2. The van der Waals surface area contributed by atoms with Crippen LogP contribution in [-0.2, 0) is 0 Å². The lowest BCUT2D eigenvalue weighted by atomic mass is 10.0. The van der Waals surface area contributed by atoms with Gasteiger partial charge in [-0.3, -0.25) is 0 Å². The number of rotatable bonds is 4. The first-order chi connectivity index (χ1) is 8.50. The summed E-state index contributed by atoms with van der Waals surface area (Å²) in [7, 11) is 0. The third-order valence-electron chi connectivity index (χ3n) is 3.69. The molecular weight excluding hydrogens is 226 g/mol. The summed E-state index contributed by atoms with van der Waals surface area (Å²) in [6, 6.07) is 5.99. The van der Waals surface area contributed by atoms with E-state index < -0.39 is 5.60 Å². The molecule has 1 aliphatic rings. The average molecular weight is 249 g/mol. The van der Waals surface area contributed by atoms with E-state index >= 15 is 0 Å². The number of nitrogens with two attached hydrogens (primary N) is 1. The minimum Gasteiger partial charge on any atom is -0.490 e. The predicted molar refractivity (Wildman–Crippen MR) is 72.7 cm³/mol. The van der Waals surface area contributed by atoms with Crippen LogP contribution in [-0.4, -0.2) is 17.3 Å². The van der Waals surface area contributed by atoms with E-state index in [0.717, 1.165) is 42.6 Å². The number of aryl methyl sites for hydroxylation is 1. The van der Waals surface area contributed by atoms with Crippen LogP contribution in [0, 0.1) is 6.92 Å². The smallest absolute Gasteiger partial charge is 0.124 e. The van der Waals surface area contributed by atoms with Crippen molar-refractivity contribution >= 4 is 0 Å². The lowest BCUT2D eigenvalue weighted by Crippen LogP contribution is -2.32. The fourth-order valence-electron chi connectivity index (χ4n) is 2.53. The fourth-order valence-corrected chi connectivity index (χ4v) is 2.53. The zero-order valence-corrected chi connectivity index (χ0v) is 11.3. The molecule has 3 heteroatoms. The van der Waals surface area contributed by atoms with E-state index in [1.807, 2.05) is 32.0 Å². The van der Waals surface area contributed by atoms with Crippen molar-refractivity contribution in [1.29, 1.82) is 0 Å². The van der Waals surface area contributed by atoms with Gasteiger partial charge in [0.15, 0.2) is 0 Å². The molecule has 0 radical (unpaired) electrons. The average Bonchev–Trinajstić information content (AvgIpc) is 2.74. The van der Waals surface area contributed by atoms with Crippen molar-refractivity contribution in [3.63, 3.8) is 0 Å². The van der Waals surface area contributed by atoms with E-state index in [9.17, 15) is 5.11 Å². The number of aliphatic hydroxyl groups is 1. The Morgan fingerprint density at radius 3 is 2.67 bits per heavy atom. The minimum absolute atomic E-state index is 0.0566. The van der Waals surface area contributed by atoms with Gasteiger partial charge in [0.1, 0.15) is 12.4 Å². The molecule has 1 unspecified atom stereocenters. The van der Waals surface area contributed by atoms with Gasteiger partial charge in [0.05, 0.1) is 5.60 Å². The molecule has 3 nitrogen and oxygen atoms in total. The minimum atomic E-state index is -0.640. The van der Waals surface area contributed by atoms with Crippen molar-refractivity contribution in [2.45, 2.75) is 51.2 Å². The predicted octanol–water partition coefficient (Wildman–Crippen LogP) is 2.70. The van der Waals surface area contributed by atoms with Crippen molar-refractivity contribution < 1.29 is 9.84 Å². The molecule has 1 fully saturated rings. The molecule has 0 spiro atoms. The first-order valence-electron chi connectivity index (χ1n) is 6.71. The summed E-state index contributed by atoms with van der Waals surface area (Å²) < 4.78 is 5.84. The van der Waals surface area contributed by atoms with Gasteiger partial charge in [-0.05, 0) is 38.3 Å². The van der Waals surface area contributed by atoms with Crippen molar-refractivity contribution in [3.05, 3.63) is 29.3 Å². The lowest BCUT2D eigenvalue weighted by molar-refractivity contribution is 0.00104. The van der Waals surface area contributed by atoms with Crippen LogP contribution in [0.1, 0.15) is 49.8 Å². The molecule has 1 aromatic rings. The van der Waals surface area contributed by atoms with Gasteiger partial charge in [0.25, 0.3) is 0 Å². The fraction of sp³-hybridized carbons (Fsp3) is 0.600. The van der Waals surface area contributed by atoms with E-state index in [-0.39, 0.29) is 6.04 Å². The van der Waals surface area contributed by atoms with Crippen LogP contribution in [0.5, 0.6) is 5.75 Å². The van der Waals surface area contributed by atoms with Crippen LogP contribution >= 0.6 is 0 Å². The van der Waals surface area contributed by atoms with Gasteiger partial charge in [0, 0.05) is 11.6 Å². The van der Waals surface area contributed by atoms with Gasteiger partial charge in [0.2, 0.25) is 0 Å². The number of hydrogen-bond acceptors (Lipinski definition) is 3. The second-order valence-corrected chi connectivity index (χ2v) is 5.55. The van der Waals surface area contributed by atoms with Crippen LogP contribution in [0.2, 0.25) is 0 Å². The van der Waals surface area contributed by atoms with Crippen LogP contribution in [0.25, 0.3) is 0 Å². The molecule has 3 N–H and O–H groups in total. The molecule has 100 valence electrons. The summed E-state index contributed by atoms with van der Waals surface area (Å²) >= 11 is 0. The molecule has 1 saturated carbocycles. The summed E-state index contributed by atoms with van der Waals surface area (Å²) in [5, 5.41) is 10.3. The van der Waals surface area contributed by atoms with Crippen molar-refractivity contribution in [1.82, 2.24) is 0 Å². The highest BCUT2D eigenvalue weighted by atomic mass is 16.5. The topological polar surface area (TPSA) is 55.5 Å². The van der Waals surface area contributed by atoms with E-state index in [4.69, 9.17) is 10.5 Å². The third-order valence-corrected chi connectivity index (χ3v) is 3.69. The largest absolute Gasteiger partial charge is 0.490 e. The molecule has 0 amide bonds. The Hall–Kier alpha value is -1.06. The normalized spacial score (nSPS) is 19.8. The standard InChI is InChI=1S/C15H23NO2/c1-11-5-6-13(12(2)16)14(9-11)18-10-15(17)7-3-4-8-15/h5-6,9,12,17H,3-4,7-8,10,16H2,1-2H3. The molecule has 1 aliphatic carbocycles.